The van der Waals surface area contributed by atoms with Crippen LogP contribution in [0.1, 0.15) is 46.0 Å². The normalized spacial score (nSPS) is 18.8. The third-order valence-electron chi connectivity index (χ3n) is 3.96. The minimum atomic E-state index is -3.36. The lowest BCUT2D eigenvalue weighted by Gasteiger charge is -2.31. The highest BCUT2D eigenvalue weighted by molar-refractivity contribution is 9.11. The predicted octanol–water partition coefficient (Wildman–Crippen LogP) is 4.40. The first-order valence-electron chi connectivity index (χ1n) is 7.08. The molecule has 1 aromatic rings. The molecule has 114 valence electrons. The van der Waals surface area contributed by atoms with E-state index in [9.17, 15) is 8.42 Å². The fraction of sp³-hybridized carbons (Fsp3) is 0.714. The van der Waals surface area contributed by atoms with Crippen molar-refractivity contribution in [2.45, 2.75) is 50.2 Å². The first-order chi connectivity index (χ1) is 9.33. The van der Waals surface area contributed by atoms with Crippen LogP contribution in [-0.2, 0) is 10.0 Å². The van der Waals surface area contributed by atoms with Crippen LogP contribution in [-0.4, -0.2) is 15.0 Å². The molecular formula is C14H22BrNO2S2. The molecule has 0 radical (unpaired) electrons. The minimum absolute atomic E-state index is 0.162. The Labute approximate surface area is 134 Å². The Morgan fingerprint density at radius 2 is 2.00 bits per heavy atom. The number of thiophene rings is 1. The summed E-state index contributed by atoms with van der Waals surface area (Å²) in [4.78, 5) is 0. The van der Waals surface area contributed by atoms with Crippen LogP contribution in [0.2, 0.25) is 0 Å². The molecule has 2 rings (SSSR count). The van der Waals surface area contributed by atoms with E-state index in [0.29, 0.717) is 16.7 Å². The van der Waals surface area contributed by atoms with Crippen LogP contribution >= 0.6 is 27.3 Å². The van der Waals surface area contributed by atoms with Crippen molar-refractivity contribution in [3.8, 4) is 0 Å². The van der Waals surface area contributed by atoms with Gasteiger partial charge < -0.3 is 0 Å². The zero-order chi connectivity index (χ0) is 14.8. The second-order valence-electron chi connectivity index (χ2n) is 6.19. The van der Waals surface area contributed by atoms with Crippen LogP contribution in [0, 0.1) is 11.3 Å². The van der Waals surface area contributed by atoms with E-state index >= 15 is 0 Å². The zero-order valence-corrected chi connectivity index (χ0v) is 15.2. The van der Waals surface area contributed by atoms with Crippen molar-refractivity contribution in [1.29, 1.82) is 0 Å². The van der Waals surface area contributed by atoms with Crippen LogP contribution in [0.25, 0.3) is 0 Å². The Hall–Kier alpha value is 0.0900. The molecule has 3 nitrogen and oxygen atoms in total. The molecule has 6 heteroatoms. The molecule has 0 amide bonds. The first-order valence-corrected chi connectivity index (χ1v) is 10.2. The summed E-state index contributed by atoms with van der Waals surface area (Å²) in [5.41, 5.74) is 0.162. The van der Waals surface area contributed by atoms with Gasteiger partial charge in [0.2, 0.25) is 10.0 Å². The van der Waals surface area contributed by atoms with Gasteiger partial charge in [0, 0.05) is 6.54 Å². The van der Waals surface area contributed by atoms with Crippen molar-refractivity contribution in [1.82, 2.24) is 4.72 Å². The summed E-state index contributed by atoms with van der Waals surface area (Å²) in [6, 6.07) is 3.43. The third-order valence-corrected chi connectivity index (χ3v) is 7.47. The van der Waals surface area contributed by atoms with Crippen LogP contribution < -0.4 is 4.72 Å². The Bertz CT molecular complexity index is 545. The van der Waals surface area contributed by atoms with Gasteiger partial charge in [0.15, 0.2) is 0 Å². The van der Waals surface area contributed by atoms with Gasteiger partial charge in [-0.3, -0.25) is 0 Å². The lowest BCUT2D eigenvalue weighted by atomic mass is 9.79. The molecule has 1 fully saturated rings. The van der Waals surface area contributed by atoms with Crippen molar-refractivity contribution in [2.75, 3.05) is 6.54 Å². The third kappa shape index (κ3) is 4.06. The first kappa shape index (κ1) is 16.5. The summed E-state index contributed by atoms with van der Waals surface area (Å²) in [6.45, 7) is 5.00. The molecule has 0 spiro atoms. The quantitative estimate of drug-likeness (QED) is 0.795. The van der Waals surface area contributed by atoms with Gasteiger partial charge >= 0.3 is 0 Å². The molecule has 20 heavy (non-hydrogen) atoms. The SMILES string of the molecule is CC(C)CC1(CNS(=O)(=O)c2ccc(Br)s2)CCCC1. The summed E-state index contributed by atoms with van der Waals surface area (Å²) in [5.74, 6) is 0.605. The number of hydrogen-bond acceptors (Lipinski definition) is 3. The van der Waals surface area contributed by atoms with Crippen LogP contribution in [0.4, 0.5) is 0 Å². The van der Waals surface area contributed by atoms with E-state index in [1.165, 1.54) is 24.2 Å². The van der Waals surface area contributed by atoms with E-state index in [1.54, 1.807) is 12.1 Å². The van der Waals surface area contributed by atoms with E-state index in [-0.39, 0.29) is 5.41 Å². The van der Waals surface area contributed by atoms with Gasteiger partial charge in [-0.1, -0.05) is 26.7 Å². The van der Waals surface area contributed by atoms with Gasteiger partial charge in [-0.2, -0.15) is 0 Å². The van der Waals surface area contributed by atoms with Gasteiger partial charge in [-0.15, -0.1) is 11.3 Å². The molecule has 1 aromatic heterocycles. The maximum absolute atomic E-state index is 12.3. The highest BCUT2D eigenvalue weighted by Crippen LogP contribution is 2.43. The maximum Gasteiger partial charge on any atom is 0.250 e. The van der Waals surface area contributed by atoms with E-state index in [1.807, 2.05) is 0 Å². The largest absolute Gasteiger partial charge is 0.250 e. The summed E-state index contributed by atoms with van der Waals surface area (Å²) < 4.78 is 28.7. The van der Waals surface area contributed by atoms with Crippen LogP contribution in [0.5, 0.6) is 0 Å². The van der Waals surface area contributed by atoms with E-state index < -0.39 is 10.0 Å². The van der Waals surface area contributed by atoms with Gasteiger partial charge in [-0.25, -0.2) is 13.1 Å². The van der Waals surface area contributed by atoms with Gasteiger partial charge in [-0.05, 0) is 58.7 Å². The fourth-order valence-electron chi connectivity index (χ4n) is 3.21. The zero-order valence-electron chi connectivity index (χ0n) is 12.0. The number of nitrogens with one attached hydrogen (secondary N) is 1. The molecule has 1 saturated carbocycles. The number of rotatable bonds is 6. The maximum atomic E-state index is 12.3. The van der Waals surface area contributed by atoms with Crippen molar-refractivity contribution >= 4 is 37.3 Å². The standard InChI is InChI=1S/C14H22BrNO2S2/c1-11(2)9-14(7-3-4-8-14)10-16-20(17,18)13-6-5-12(15)19-13/h5-6,11,16H,3-4,7-10H2,1-2H3. The number of halogens is 1. The summed E-state index contributed by atoms with van der Waals surface area (Å²) in [7, 11) is -3.36. The molecule has 1 N–H and O–H groups in total. The lowest BCUT2D eigenvalue weighted by Crippen LogP contribution is -2.36. The predicted molar refractivity (Wildman–Crippen MR) is 87.6 cm³/mol. The summed E-state index contributed by atoms with van der Waals surface area (Å²) >= 11 is 4.57. The summed E-state index contributed by atoms with van der Waals surface area (Å²) in [5, 5.41) is 0. The van der Waals surface area contributed by atoms with Crippen molar-refractivity contribution in [3.63, 3.8) is 0 Å². The number of hydrogen-bond donors (Lipinski definition) is 1. The van der Waals surface area contributed by atoms with Gasteiger partial charge in [0.25, 0.3) is 0 Å². The molecule has 1 heterocycles. The van der Waals surface area contributed by atoms with Crippen molar-refractivity contribution < 1.29 is 8.42 Å². The van der Waals surface area contributed by atoms with Crippen molar-refractivity contribution in [2.24, 2.45) is 11.3 Å². The molecular weight excluding hydrogens is 358 g/mol. The van der Waals surface area contributed by atoms with Crippen molar-refractivity contribution in [3.05, 3.63) is 15.9 Å². The monoisotopic (exact) mass is 379 g/mol. The Morgan fingerprint density at radius 1 is 1.35 bits per heavy atom. The Morgan fingerprint density at radius 3 is 2.50 bits per heavy atom. The average Bonchev–Trinajstić information content (AvgIpc) is 2.96. The molecule has 0 saturated heterocycles. The van der Waals surface area contributed by atoms with Gasteiger partial charge in [0.05, 0.1) is 3.79 Å². The lowest BCUT2D eigenvalue weighted by molar-refractivity contribution is 0.236. The molecule has 1 aliphatic carbocycles. The fourth-order valence-corrected chi connectivity index (χ4v) is 6.42. The second kappa shape index (κ2) is 6.46. The molecule has 0 bridgehead atoms. The van der Waals surface area contributed by atoms with E-state index in [0.717, 1.165) is 23.0 Å². The smallest absolute Gasteiger partial charge is 0.210 e. The minimum Gasteiger partial charge on any atom is -0.210 e. The average molecular weight is 380 g/mol. The molecule has 0 aromatic carbocycles. The Balaban J connectivity index is 2.06. The molecule has 0 aliphatic heterocycles. The van der Waals surface area contributed by atoms with E-state index in [4.69, 9.17) is 0 Å². The molecule has 0 unspecified atom stereocenters. The Kier molecular flexibility index (Phi) is 5.32. The van der Waals surface area contributed by atoms with Gasteiger partial charge in [0.1, 0.15) is 4.21 Å². The highest BCUT2D eigenvalue weighted by atomic mass is 79.9. The second-order valence-corrected chi connectivity index (χ2v) is 10.6. The van der Waals surface area contributed by atoms with Crippen LogP contribution in [0.15, 0.2) is 20.1 Å². The van der Waals surface area contributed by atoms with E-state index in [2.05, 4.69) is 34.5 Å². The number of sulfonamides is 1. The molecule has 0 atom stereocenters. The van der Waals surface area contributed by atoms with Crippen LogP contribution in [0.3, 0.4) is 0 Å². The highest BCUT2D eigenvalue weighted by Gasteiger charge is 2.35. The summed E-state index contributed by atoms with van der Waals surface area (Å²) in [6.07, 6.45) is 5.82. The molecule has 1 aliphatic rings. The topological polar surface area (TPSA) is 46.2 Å².